The number of carbonyl (C=O) groups is 1. The van der Waals surface area contributed by atoms with Gasteiger partial charge in [-0.15, -0.1) is 11.3 Å². The number of thioether (sulfide) groups is 1. The lowest BCUT2D eigenvalue weighted by atomic mass is 9.88. The normalized spacial score (nSPS) is 15.5. The molecular formula is C26H23ClN2O2S2. The van der Waals surface area contributed by atoms with E-state index in [1.165, 1.54) is 22.2 Å². The van der Waals surface area contributed by atoms with Gasteiger partial charge in [0, 0.05) is 15.5 Å². The Bertz CT molecular complexity index is 1410. The number of ketones is 1. The average molecular weight is 495 g/mol. The molecule has 4 nitrogen and oxygen atoms in total. The van der Waals surface area contributed by atoms with Crippen molar-refractivity contribution in [1.29, 1.82) is 0 Å². The lowest BCUT2D eigenvalue weighted by molar-refractivity contribution is 0.102. The minimum absolute atomic E-state index is 0.0273. The molecule has 2 aromatic heterocycles. The molecule has 168 valence electrons. The van der Waals surface area contributed by atoms with Gasteiger partial charge in [0.2, 0.25) is 0 Å². The Labute approximate surface area is 205 Å². The first-order valence-electron chi connectivity index (χ1n) is 11.0. The fourth-order valence-electron chi connectivity index (χ4n) is 4.39. The van der Waals surface area contributed by atoms with Crippen LogP contribution in [0.2, 0.25) is 5.02 Å². The predicted octanol–water partition coefficient (Wildman–Crippen LogP) is 6.82. The van der Waals surface area contributed by atoms with Crippen LogP contribution < -0.4 is 5.56 Å². The Hall–Kier alpha value is -2.41. The van der Waals surface area contributed by atoms with Crippen LogP contribution in [0.5, 0.6) is 0 Å². The lowest BCUT2D eigenvalue weighted by Crippen LogP contribution is -2.23. The number of thiophene rings is 1. The van der Waals surface area contributed by atoms with Gasteiger partial charge in [0.25, 0.3) is 5.56 Å². The number of fused-ring (bicyclic) bond motifs is 3. The van der Waals surface area contributed by atoms with E-state index < -0.39 is 0 Å². The van der Waals surface area contributed by atoms with Gasteiger partial charge >= 0.3 is 0 Å². The minimum Gasteiger partial charge on any atom is -0.293 e. The predicted molar refractivity (Wildman–Crippen MR) is 138 cm³/mol. The van der Waals surface area contributed by atoms with Gasteiger partial charge < -0.3 is 0 Å². The van der Waals surface area contributed by atoms with Crippen molar-refractivity contribution in [2.75, 3.05) is 5.75 Å². The standard InChI is InChI=1S/C26H23ClN2O2S2/c1-15-6-12-19(13-7-15)29-25(31)23-22-16(2)4-3-5-21(22)33-24(23)28-26(29)32-14-20(30)17-8-10-18(27)11-9-17/h6-13,16H,3-5,14H2,1-2H3/t16-/m1/s1. The summed E-state index contributed by atoms with van der Waals surface area (Å²) in [6.45, 7) is 4.22. The van der Waals surface area contributed by atoms with E-state index >= 15 is 0 Å². The van der Waals surface area contributed by atoms with Crippen LogP contribution in [0.15, 0.2) is 58.5 Å². The number of hydrogen-bond donors (Lipinski definition) is 0. The molecule has 0 saturated heterocycles. The van der Waals surface area contributed by atoms with E-state index in [9.17, 15) is 9.59 Å². The van der Waals surface area contributed by atoms with E-state index in [4.69, 9.17) is 16.6 Å². The highest BCUT2D eigenvalue weighted by atomic mass is 35.5. The second-order valence-electron chi connectivity index (χ2n) is 8.50. The Kier molecular flexibility index (Phi) is 6.16. The number of rotatable bonds is 5. The van der Waals surface area contributed by atoms with Gasteiger partial charge in [-0.1, -0.05) is 48.0 Å². The summed E-state index contributed by atoms with van der Waals surface area (Å²) in [6.07, 6.45) is 3.24. The first-order valence-corrected chi connectivity index (χ1v) is 13.2. The van der Waals surface area contributed by atoms with Crippen LogP contribution in [0.25, 0.3) is 15.9 Å². The molecule has 1 aliphatic carbocycles. The Morgan fingerprint density at radius 1 is 1.18 bits per heavy atom. The molecule has 0 amide bonds. The zero-order chi connectivity index (χ0) is 23.1. The van der Waals surface area contributed by atoms with Crippen molar-refractivity contribution in [3.8, 4) is 5.69 Å². The van der Waals surface area contributed by atoms with Gasteiger partial charge in [-0.05, 0) is 74.1 Å². The summed E-state index contributed by atoms with van der Waals surface area (Å²) in [5.41, 5.74) is 3.61. The number of nitrogens with zero attached hydrogens (tertiary/aromatic N) is 2. The summed E-state index contributed by atoms with van der Waals surface area (Å²) in [7, 11) is 0. The van der Waals surface area contributed by atoms with Crippen molar-refractivity contribution in [2.45, 2.75) is 44.2 Å². The number of halogens is 1. The topological polar surface area (TPSA) is 52.0 Å². The molecule has 7 heteroatoms. The maximum Gasteiger partial charge on any atom is 0.267 e. The molecule has 1 atom stereocenters. The molecule has 0 radical (unpaired) electrons. The van der Waals surface area contributed by atoms with E-state index in [0.717, 1.165) is 40.7 Å². The SMILES string of the molecule is Cc1ccc(-n2c(SCC(=O)c3ccc(Cl)cc3)nc3sc4c(c3c2=O)[C@H](C)CCC4)cc1. The molecule has 2 heterocycles. The monoisotopic (exact) mass is 494 g/mol. The number of aryl methyl sites for hydroxylation is 2. The van der Waals surface area contributed by atoms with Crippen LogP contribution in [0.4, 0.5) is 0 Å². The van der Waals surface area contributed by atoms with Crippen LogP contribution >= 0.6 is 34.7 Å². The quantitative estimate of drug-likeness (QED) is 0.173. The molecule has 0 bridgehead atoms. The smallest absolute Gasteiger partial charge is 0.267 e. The molecule has 2 aromatic carbocycles. The Morgan fingerprint density at radius 2 is 1.91 bits per heavy atom. The third-order valence-electron chi connectivity index (χ3n) is 6.13. The van der Waals surface area contributed by atoms with Crippen molar-refractivity contribution in [2.24, 2.45) is 0 Å². The van der Waals surface area contributed by atoms with E-state index in [-0.39, 0.29) is 17.1 Å². The molecule has 0 fully saturated rings. The van der Waals surface area contributed by atoms with Crippen LogP contribution in [-0.2, 0) is 6.42 Å². The highest BCUT2D eigenvalue weighted by Gasteiger charge is 2.27. The van der Waals surface area contributed by atoms with Gasteiger partial charge in [-0.2, -0.15) is 0 Å². The van der Waals surface area contributed by atoms with Crippen LogP contribution in [0.1, 0.15) is 52.0 Å². The first kappa shape index (κ1) is 22.4. The van der Waals surface area contributed by atoms with Gasteiger partial charge in [-0.3, -0.25) is 14.2 Å². The maximum absolute atomic E-state index is 13.9. The number of aromatic nitrogens is 2. The summed E-state index contributed by atoms with van der Waals surface area (Å²) in [5.74, 6) is 0.515. The van der Waals surface area contributed by atoms with Crippen molar-refractivity contribution in [1.82, 2.24) is 9.55 Å². The third kappa shape index (κ3) is 4.27. The molecule has 33 heavy (non-hydrogen) atoms. The van der Waals surface area contributed by atoms with Crippen molar-refractivity contribution in [3.05, 3.63) is 85.5 Å². The summed E-state index contributed by atoms with van der Waals surface area (Å²) >= 11 is 8.89. The van der Waals surface area contributed by atoms with Crippen LogP contribution in [0.3, 0.4) is 0 Å². The molecule has 0 aliphatic heterocycles. The van der Waals surface area contributed by atoms with E-state index in [1.807, 2.05) is 31.2 Å². The molecule has 0 unspecified atom stereocenters. The fraction of sp³-hybridized carbons (Fsp3) is 0.269. The minimum atomic E-state index is -0.0449. The zero-order valence-electron chi connectivity index (χ0n) is 18.4. The van der Waals surface area contributed by atoms with E-state index in [2.05, 4.69) is 6.92 Å². The molecule has 0 N–H and O–H groups in total. The van der Waals surface area contributed by atoms with E-state index in [0.29, 0.717) is 21.7 Å². The fourth-order valence-corrected chi connectivity index (χ4v) is 6.79. The zero-order valence-corrected chi connectivity index (χ0v) is 20.8. The lowest BCUT2D eigenvalue weighted by Gasteiger charge is -2.19. The van der Waals surface area contributed by atoms with Crippen molar-refractivity contribution >= 4 is 50.7 Å². The molecule has 4 aromatic rings. The molecule has 0 spiro atoms. The second-order valence-corrected chi connectivity index (χ2v) is 11.0. The largest absolute Gasteiger partial charge is 0.293 e. The maximum atomic E-state index is 13.9. The van der Waals surface area contributed by atoms with Gasteiger partial charge in [0.15, 0.2) is 10.9 Å². The first-order chi connectivity index (χ1) is 15.9. The molecule has 0 saturated carbocycles. The Morgan fingerprint density at radius 3 is 2.64 bits per heavy atom. The van der Waals surface area contributed by atoms with Gasteiger partial charge in [0.1, 0.15) is 4.83 Å². The number of benzene rings is 2. The molecular weight excluding hydrogens is 472 g/mol. The van der Waals surface area contributed by atoms with E-state index in [1.54, 1.807) is 40.2 Å². The summed E-state index contributed by atoms with van der Waals surface area (Å²) < 4.78 is 1.68. The summed E-state index contributed by atoms with van der Waals surface area (Å²) in [6, 6.07) is 14.7. The van der Waals surface area contributed by atoms with Crippen molar-refractivity contribution < 1.29 is 4.79 Å². The van der Waals surface area contributed by atoms with Gasteiger partial charge in [-0.25, -0.2) is 4.98 Å². The number of Topliss-reactive ketones (excluding diaryl/α,β-unsaturated/α-hetero) is 1. The average Bonchev–Trinajstić information content (AvgIpc) is 3.19. The van der Waals surface area contributed by atoms with Crippen LogP contribution in [0, 0.1) is 6.92 Å². The molecule has 1 aliphatic rings. The van der Waals surface area contributed by atoms with Crippen molar-refractivity contribution in [3.63, 3.8) is 0 Å². The number of hydrogen-bond acceptors (Lipinski definition) is 5. The number of carbonyl (C=O) groups excluding carboxylic acids is 1. The molecule has 5 rings (SSSR count). The second kappa shape index (κ2) is 9.09. The van der Waals surface area contributed by atoms with Gasteiger partial charge in [0.05, 0.1) is 16.8 Å². The third-order valence-corrected chi connectivity index (χ3v) is 8.48. The summed E-state index contributed by atoms with van der Waals surface area (Å²) in [5, 5.41) is 1.89. The Balaban J connectivity index is 1.61. The summed E-state index contributed by atoms with van der Waals surface area (Å²) in [4.78, 5) is 33.7. The highest BCUT2D eigenvalue weighted by molar-refractivity contribution is 7.99. The van der Waals surface area contributed by atoms with Crippen LogP contribution in [-0.4, -0.2) is 21.1 Å². The highest BCUT2D eigenvalue weighted by Crippen LogP contribution is 2.41.